The van der Waals surface area contributed by atoms with Gasteiger partial charge in [-0.05, 0) is 68.3 Å². The molecule has 158 valence electrons. The maximum Gasteiger partial charge on any atom is 0.206 e. The van der Waals surface area contributed by atoms with Gasteiger partial charge in [-0.15, -0.1) is 11.3 Å². The number of phenols is 1. The summed E-state index contributed by atoms with van der Waals surface area (Å²) in [6.07, 6.45) is 0.726. The van der Waals surface area contributed by atoms with Gasteiger partial charge in [0.25, 0.3) is 0 Å². The predicted molar refractivity (Wildman–Crippen MR) is 122 cm³/mol. The van der Waals surface area contributed by atoms with Gasteiger partial charge in [-0.3, -0.25) is 4.99 Å². The third-order valence-electron chi connectivity index (χ3n) is 4.49. The van der Waals surface area contributed by atoms with Gasteiger partial charge in [0, 0.05) is 17.0 Å². The standard InChI is InChI=1S/C23H27N3O3S/c1-6-20(16-7-9-17(27)10-8-16)25-26-21(14-30-23(26)24-15(2)3)19-13-18(28-4)11-12-22(19)29-5/h7-15,27H,6H2,1-5H3. The average molecular weight is 426 g/mol. The molecule has 2 aromatic carbocycles. The van der Waals surface area contributed by atoms with Gasteiger partial charge in [0.05, 0.1) is 25.6 Å². The third-order valence-corrected chi connectivity index (χ3v) is 5.32. The molecule has 0 atom stereocenters. The number of nitrogens with zero attached hydrogens (tertiary/aromatic N) is 3. The van der Waals surface area contributed by atoms with E-state index in [2.05, 4.69) is 6.92 Å². The van der Waals surface area contributed by atoms with Crippen LogP contribution in [0.2, 0.25) is 0 Å². The first kappa shape index (κ1) is 21.6. The summed E-state index contributed by atoms with van der Waals surface area (Å²) in [6.45, 7) is 6.14. The van der Waals surface area contributed by atoms with E-state index >= 15 is 0 Å². The minimum absolute atomic E-state index is 0.129. The number of hydrogen-bond acceptors (Lipinski definition) is 6. The first-order chi connectivity index (χ1) is 14.5. The van der Waals surface area contributed by atoms with Crippen LogP contribution in [0.3, 0.4) is 0 Å². The second-order valence-electron chi connectivity index (χ2n) is 6.95. The van der Waals surface area contributed by atoms with Crippen molar-refractivity contribution >= 4 is 17.0 Å². The average Bonchev–Trinajstić information content (AvgIpc) is 3.13. The van der Waals surface area contributed by atoms with Crippen LogP contribution in [0.1, 0.15) is 32.8 Å². The fraction of sp³-hybridized carbons (Fsp3) is 0.304. The van der Waals surface area contributed by atoms with Gasteiger partial charge < -0.3 is 14.6 Å². The van der Waals surface area contributed by atoms with Gasteiger partial charge in [0.1, 0.15) is 17.2 Å². The molecule has 0 fully saturated rings. The Bertz CT molecular complexity index is 1100. The van der Waals surface area contributed by atoms with Gasteiger partial charge in [0.15, 0.2) is 0 Å². The highest BCUT2D eigenvalue weighted by molar-refractivity contribution is 7.07. The van der Waals surface area contributed by atoms with Crippen LogP contribution in [0.5, 0.6) is 17.2 Å². The summed E-state index contributed by atoms with van der Waals surface area (Å²) in [7, 11) is 3.30. The van der Waals surface area contributed by atoms with Crippen molar-refractivity contribution in [3.8, 4) is 28.5 Å². The summed E-state index contributed by atoms with van der Waals surface area (Å²) in [5.41, 5.74) is 3.60. The van der Waals surface area contributed by atoms with Crippen LogP contribution in [-0.2, 0) is 0 Å². The van der Waals surface area contributed by atoms with E-state index in [0.717, 1.165) is 45.3 Å². The van der Waals surface area contributed by atoms with Crippen LogP contribution in [-0.4, -0.2) is 35.8 Å². The third kappa shape index (κ3) is 4.74. The van der Waals surface area contributed by atoms with Crippen molar-refractivity contribution in [2.75, 3.05) is 14.2 Å². The molecule has 0 aliphatic carbocycles. The van der Waals surface area contributed by atoms with E-state index in [-0.39, 0.29) is 11.8 Å². The van der Waals surface area contributed by atoms with Crippen LogP contribution in [0.4, 0.5) is 0 Å². The maximum absolute atomic E-state index is 9.63. The Labute approximate surface area is 180 Å². The van der Waals surface area contributed by atoms with Crippen LogP contribution < -0.4 is 14.3 Å². The second-order valence-corrected chi connectivity index (χ2v) is 7.79. The quantitative estimate of drug-likeness (QED) is 0.547. The fourth-order valence-electron chi connectivity index (χ4n) is 3.01. The zero-order valence-corrected chi connectivity index (χ0v) is 18.7. The molecule has 1 heterocycles. The SMILES string of the molecule is CCC(=Nn1c(-c2cc(OC)ccc2OC)csc1=NC(C)C)c1ccc(O)cc1. The van der Waals surface area contributed by atoms with Gasteiger partial charge in [0.2, 0.25) is 4.80 Å². The van der Waals surface area contributed by atoms with E-state index in [1.807, 2.05) is 54.2 Å². The van der Waals surface area contributed by atoms with Gasteiger partial charge >= 0.3 is 0 Å². The summed E-state index contributed by atoms with van der Waals surface area (Å²) in [5.74, 6) is 1.70. The summed E-state index contributed by atoms with van der Waals surface area (Å²) in [5, 5.41) is 16.6. The van der Waals surface area contributed by atoms with Gasteiger partial charge in [-0.2, -0.15) is 5.10 Å². The summed E-state index contributed by atoms with van der Waals surface area (Å²) >= 11 is 1.53. The van der Waals surface area contributed by atoms with Crippen molar-refractivity contribution in [2.24, 2.45) is 10.1 Å². The molecule has 3 aromatic rings. The number of aromatic nitrogens is 1. The number of hydrogen-bond donors (Lipinski definition) is 1. The van der Waals surface area contributed by atoms with E-state index < -0.39 is 0 Å². The van der Waals surface area contributed by atoms with Crippen molar-refractivity contribution in [3.63, 3.8) is 0 Å². The van der Waals surface area contributed by atoms with Gasteiger partial charge in [-0.1, -0.05) is 6.92 Å². The summed E-state index contributed by atoms with van der Waals surface area (Å²) in [4.78, 5) is 5.56. The number of phenolic OH excluding ortho intramolecular Hbond substituents is 1. The van der Waals surface area contributed by atoms with E-state index in [1.54, 1.807) is 26.4 Å². The lowest BCUT2D eigenvalue weighted by Gasteiger charge is -2.12. The molecule has 7 heteroatoms. The molecule has 0 amide bonds. The van der Waals surface area contributed by atoms with Crippen molar-refractivity contribution < 1.29 is 14.6 Å². The lowest BCUT2D eigenvalue weighted by Crippen LogP contribution is -2.17. The number of methoxy groups -OCH3 is 2. The molecule has 3 rings (SSSR count). The molecule has 0 radical (unpaired) electrons. The molecule has 0 bridgehead atoms. The Morgan fingerprint density at radius 2 is 1.83 bits per heavy atom. The molecule has 0 spiro atoms. The molecule has 30 heavy (non-hydrogen) atoms. The number of benzene rings is 2. The normalized spacial score (nSPS) is 12.5. The number of rotatable bonds is 7. The highest BCUT2D eigenvalue weighted by Crippen LogP contribution is 2.34. The highest BCUT2D eigenvalue weighted by Gasteiger charge is 2.15. The van der Waals surface area contributed by atoms with Crippen LogP contribution in [0, 0.1) is 0 Å². The summed E-state index contributed by atoms with van der Waals surface area (Å²) < 4.78 is 12.9. The Morgan fingerprint density at radius 3 is 2.43 bits per heavy atom. The Hall–Kier alpha value is -3.06. The van der Waals surface area contributed by atoms with Crippen molar-refractivity contribution in [1.29, 1.82) is 0 Å². The monoisotopic (exact) mass is 425 g/mol. The lowest BCUT2D eigenvalue weighted by atomic mass is 10.1. The highest BCUT2D eigenvalue weighted by atomic mass is 32.1. The topological polar surface area (TPSA) is 68.3 Å². The Kier molecular flexibility index (Phi) is 6.95. The zero-order chi connectivity index (χ0) is 21.7. The first-order valence-corrected chi connectivity index (χ1v) is 10.7. The Morgan fingerprint density at radius 1 is 1.10 bits per heavy atom. The van der Waals surface area contributed by atoms with E-state index in [0.29, 0.717) is 0 Å². The molecule has 0 aliphatic rings. The predicted octanol–water partition coefficient (Wildman–Crippen LogP) is 4.91. The van der Waals surface area contributed by atoms with E-state index in [4.69, 9.17) is 19.6 Å². The molecule has 0 aliphatic heterocycles. The lowest BCUT2D eigenvalue weighted by molar-refractivity contribution is 0.404. The molecular formula is C23H27N3O3S. The Balaban J connectivity index is 2.25. The molecule has 6 nitrogen and oxygen atoms in total. The van der Waals surface area contributed by atoms with Crippen molar-refractivity contribution in [3.05, 3.63) is 58.2 Å². The van der Waals surface area contributed by atoms with Gasteiger partial charge in [-0.25, -0.2) is 4.68 Å². The van der Waals surface area contributed by atoms with Crippen molar-refractivity contribution in [1.82, 2.24) is 4.68 Å². The summed E-state index contributed by atoms with van der Waals surface area (Å²) in [6, 6.07) is 12.9. The maximum atomic E-state index is 9.63. The minimum Gasteiger partial charge on any atom is -0.508 e. The van der Waals surface area contributed by atoms with E-state index in [9.17, 15) is 5.11 Å². The van der Waals surface area contributed by atoms with Crippen molar-refractivity contribution in [2.45, 2.75) is 33.2 Å². The molecule has 0 saturated heterocycles. The second kappa shape index (κ2) is 9.63. The molecule has 0 saturated carbocycles. The largest absolute Gasteiger partial charge is 0.508 e. The fourth-order valence-corrected chi connectivity index (χ4v) is 3.97. The van der Waals surface area contributed by atoms with E-state index in [1.165, 1.54) is 11.3 Å². The first-order valence-electron chi connectivity index (χ1n) is 9.80. The molecule has 1 N–H and O–H groups in total. The zero-order valence-electron chi connectivity index (χ0n) is 17.9. The molecule has 1 aromatic heterocycles. The van der Waals surface area contributed by atoms with Crippen LogP contribution >= 0.6 is 11.3 Å². The van der Waals surface area contributed by atoms with Crippen LogP contribution in [0.25, 0.3) is 11.3 Å². The smallest absolute Gasteiger partial charge is 0.206 e. The number of aromatic hydroxyl groups is 1. The number of thiazole rings is 1. The molecule has 0 unspecified atom stereocenters. The molecular weight excluding hydrogens is 398 g/mol. The minimum atomic E-state index is 0.129. The van der Waals surface area contributed by atoms with Crippen LogP contribution in [0.15, 0.2) is 57.9 Å². The number of ether oxygens (including phenoxy) is 2.